The van der Waals surface area contributed by atoms with E-state index in [1.54, 1.807) is 46.6 Å². The van der Waals surface area contributed by atoms with Crippen molar-refractivity contribution < 1.29 is 31.9 Å². The molecule has 0 spiro atoms. The summed E-state index contributed by atoms with van der Waals surface area (Å²) in [4.78, 5) is 28.6. The number of benzene rings is 2. The van der Waals surface area contributed by atoms with Crippen molar-refractivity contribution in [3.8, 4) is 5.75 Å². The molecule has 1 saturated heterocycles. The van der Waals surface area contributed by atoms with Crippen LogP contribution >= 0.6 is 0 Å². The van der Waals surface area contributed by atoms with E-state index in [9.17, 15) is 18.0 Å². The van der Waals surface area contributed by atoms with Crippen molar-refractivity contribution in [1.29, 1.82) is 0 Å². The standard InChI is InChI=1S/C36H52N2O7SSi/c1-25-11-14-28(15-12-25)46(41,42)37-21-20-35-29-23-27(43-8)13-16-31(29)38(32(40)45-33(2,3)4)36(35,37)19-17-26(18-22-39)30(35)24-44-47(9,10)34(5,6)7/h11-16,22-23,26,30H,17-21,24H2,1-10H3/t26-,30+,35-,36+/m0/s1. The van der Waals surface area contributed by atoms with Gasteiger partial charge in [-0.05, 0) is 113 Å². The number of aldehydes is 1. The number of carbonyl (C=O) groups excluding carboxylic acids is 2. The molecule has 0 aromatic heterocycles. The monoisotopic (exact) mass is 684 g/mol. The molecule has 0 N–H and O–H groups in total. The molecule has 1 aliphatic carbocycles. The highest BCUT2D eigenvalue weighted by atomic mass is 32.2. The largest absolute Gasteiger partial charge is 0.497 e. The quantitative estimate of drug-likeness (QED) is 0.211. The molecular formula is C36H52N2O7SSi. The summed E-state index contributed by atoms with van der Waals surface area (Å²) < 4.78 is 50.1. The molecule has 0 radical (unpaired) electrons. The number of methoxy groups -OCH3 is 1. The van der Waals surface area contributed by atoms with Gasteiger partial charge in [0.25, 0.3) is 0 Å². The maximum Gasteiger partial charge on any atom is 0.416 e. The average molecular weight is 685 g/mol. The molecule has 3 aliphatic rings. The lowest BCUT2D eigenvalue weighted by Crippen LogP contribution is -2.71. The van der Waals surface area contributed by atoms with Crippen LogP contribution in [0.1, 0.15) is 78.4 Å². The van der Waals surface area contributed by atoms with E-state index in [0.29, 0.717) is 43.7 Å². The number of aryl methyl sites for hydroxylation is 1. The minimum Gasteiger partial charge on any atom is -0.497 e. The zero-order valence-corrected chi connectivity index (χ0v) is 31.5. The minimum absolute atomic E-state index is 0.0631. The Kier molecular flexibility index (Phi) is 9.08. The number of anilines is 1. The summed E-state index contributed by atoms with van der Waals surface area (Å²) >= 11 is 0. The van der Waals surface area contributed by atoms with Gasteiger partial charge < -0.3 is 18.7 Å². The second-order valence-corrected chi connectivity index (χ2v) is 22.7. The third kappa shape index (κ3) is 5.64. The van der Waals surface area contributed by atoms with E-state index in [4.69, 9.17) is 13.9 Å². The lowest BCUT2D eigenvalue weighted by atomic mass is 9.54. The Balaban J connectivity index is 1.82. The molecule has 47 heavy (non-hydrogen) atoms. The Bertz CT molecular complexity index is 1630. The molecule has 9 nitrogen and oxygen atoms in total. The van der Waals surface area contributed by atoms with Crippen LogP contribution in [-0.2, 0) is 29.4 Å². The first kappa shape index (κ1) is 35.6. The van der Waals surface area contributed by atoms with Gasteiger partial charge in [0.2, 0.25) is 10.0 Å². The normalized spacial score (nSPS) is 26.4. The summed E-state index contributed by atoms with van der Waals surface area (Å²) in [5, 5.41) is -0.0631. The molecule has 4 atom stereocenters. The molecule has 2 aromatic rings. The van der Waals surface area contributed by atoms with Gasteiger partial charge in [0, 0.05) is 25.0 Å². The Morgan fingerprint density at radius 2 is 1.70 bits per heavy atom. The molecule has 2 aliphatic heterocycles. The van der Waals surface area contributed by atoms with Crippen LogP contribution in [0.25, 0.3) is 0 Å². The van der Waals surface area contributed by atoms with E-state index in [2.05, 4.69) is 33.9 Å². The van der Waals surface area contributed by atoms with E-state index in [0.717, 1.165) is 17.4 Å². The fourth-order valence-electron chi connectivity index (χ4n) is 7.98. The van der Waals surface area contributed by atoms with Gasteiger partial charge in [-0.2, -0.15) is 4.31 Å². The summed E-state index contributed by atoms with van der Waals surface area (Å²) in [6.45, 7) is 18.9. The van der Waals surface area contributed by atoms with Gasteiger partial charge in [0.1, 0.15) is 23.3 Å². The molecule has 2 aromatic carbocycles. The van der Waals surface area contributed by atoms with Crippen LogP contribution in [0.4, 0.5) is 10.5 Å². The van der Waals surface area contributed by atoms with Crippen molar-refractivity contribution in [3.05, 3.63) is 53.6 Å². The Morgan fingerprint density at radius 3 is 2.28 bits per heavy atom. The van der Waals surface area contributed by atoms with Gasteiger partial charge >= 0.3 is 6.09 Å². The number of nitrogens with zero attached hydrogens (tertiary/aromatic N) is 2. The van der Waals surface area contributed by atoms with E-state index in [1.165, 1.54) is 0 Å². The number of carbonyl (C=O) groups is 2. The molecule has 2 fully saturated rings. The van der Waals surface area contributed by atoms with Crippen molar-refractivity contribution in [1.82, 2.24) is 4.31 Å². The molecule has 0 bridgehead atoms. The summed E-state index contributed by atoms with van der Waals surface area (Å²) in [6, 6.07) is 12.5. The fraction of sp³-hybridized carbons (Fsp3) is 0.611. The minimum atomic E-state index is -4.11. The Labute approximate surface area is 282 Å². The van der Waals surface area contributed by atoms with Crippen LogP contribution in [0, 0.1) is 18.8 Å². The summed E-state index contributed by atoms with van der Waals surface area (Å²) in [7, 11) is -4.78. The van der Waals surface area contributed by atoms with Gasteiger partial charge in [-0.3, -0.25) is 4.90 Å². The fourth-order valence-corrected chi connectivity index (χ4v) is 10.8. The number of fused-ring (bicyclic) bond motifs is 1. The first-order chi connectivity index (χ1) is 21.8. The molecular weight excluding hydrogens is 633 g/mol. The Morgan fingerprint density at radius 1 is 1.04 bits per heavy atom. The topological polar surface area (TPSA) is 102 Å². The second-order valence-electron chi connectivity index (χ2n) is 16.0. The first-order valence-corrected chi connectivity index (χ1v) is 21.0. The predicted octanol–water partition coefficient (Wildman–Crippen LogP) is 7.42. The average Bonchev–Trinajstić information content (AvgIpc) is 3.44. The van der Waals surface area contributed by atoms with Crippen LogP contribution in [0.2, 0.25) is 18.1 Å². The lowest BCUT2D eigenvalue weighted by molar-refractivity contribution is -0.110. The van der Waals surface area contributed by atoms with Crippen molar-refractivity contribution in [2.24, 2.45) is 11.8 Å². The third-order valence-electron chi connectivity index (χ3n) is 11.2. The number of ether oxygens (including phenoxy) is 2. The maximum atomic E-state index is 14.9. The van der Waals surface area contributed by atoms with E-state index >= 15 is 0 Å². The molecule has 1 saturated carbocycles. The third-order valence-corrected chi connectivity index (χ3v) is 17.6. The Hall–Kier alpha value is -2.73. The smallest absolute Gasteiger partial charge is 0.416 e. The summed E-state index contributed by atoms with van der Waals surface area (Å²) in [6.07, 6.45) is 2.00. The number of hydrogen-bond donors (Lipinski definition) is 0. The zero-order valence-electron chi connectivity index (χ0n) is 29.7. The van der Waals surface area contributed by atoms with Gasteiger partial charge in [-0.15, -0.1) is 0 Å². The number of rotatable bonds is 8. The number of amides is 1. The SMILES string of the molecule is COc1ccc2c(c1)[C@]13CCN(S(=O)(=O)c4ccc(C)cc4)[C@]1(CC[C@@H](CC=O)[C@H]3CO[Si](C)(C)C(C)(C)C)N2C(=O)OC(C)(C)C. The van der Waals surface area contributed by atoms with Gasteiger partial charge in [0.05, 0.1) is 17.7 Å². The van der Waals surface area contributed by atoms with Crippen LogP contribution in [-0.4, -0.2) is 64.9 Å². The van der Waals surface area contributed by atoms with E-state index in [1.807, 2.05) is 39.8 Å². The predicted molar refractivity (Wildman–Crippen MR) is 186 cm³/mol. The van der Waals surface area contributed by atoms with Gasteiger partial charge in [-0.1, -0.05) is 38.5 Å². The van der Waals surface area contributed by atoms with Crippen LogP contribution < -0.4 is 9.64 Å². The van der Waals surface area contributed by atoms with E-state index < -0.39 is 41.1 Å². The molecule has 11 heteroatoms. The van der Waals surface area contributed by atoms with Crippen LogP contribution in [0.5, 0.6) is 5.75 Å². The number of sulfonamides is 1. The van der Waals surface area contributed by atoms with Gasteiger partial charge in [-0.25, -0.2) is 13.2 Å². The molecule has 5 rings (SSSR count). The van der Waals surface area contributed by atoms with Crippen molar-refractivity contribution >= 4 is 36.4 Å². The summed E-state index contributed by atoms with van der Waals surface area (Å²) in [5.74, 6) is 0.261. The molecule has 1 amide bonds. The lowest BCUT2D eigenvalue weighted by Gasteiger charge is -2.57. The first-order valence-electron chi connectivity index (χ1n) is 16.7. The highest BCUT2D eigenvalue weighted by molar-refractivity contribution is 7.89. The van der Waals surface area contributed by atoms with Crippen molar-refractivity contribution in [2.45, 2.75) is 114 Å². The maximum absolute atomic E-state index is 14.9. The van der Waals surface area contributed by atoms with E-state index in [-0.39, 0.29) is 28.3 Å². The van der Waals surface area contributed by atoms with Gasteiger partial charge in [0.15, 0.2) is 8.32 Å². The van der Waals surface area contributed by atoms with Crippen LogP contribution in [0.15, 0.2) is 47.4 Å². The summed E-state index contributed by atoms with van der Waals surface area (Å²) in [5.41, 5.74) is -0.679. The number of hydrogen-bond acceptors (Lipinski definition) is 7. The molecule has 258 valence electrons. The molecule has 2 heterocycles. The molecule has 0 unspecified atom stereocenters. The highest BCUT2D eigenvalue weighted by Gasteiger charge is 2.76. The highest BCUT2D eigenvalue weighted by Crippen LogP contribution is 2.69. The zero-order chi connectivity index (χ0) is 34.8. The van der Waals surface area contributed by atoms with Crippen molar-refractivity contribution in [3.63, 3.8) is 0 Å². The second kappa shape index (κ2) is 12.0. The van der Waals surface area contributed by atoms with Crippen LogP contribution in [0.3, 0.4) is 0 Å². The van der Waals surface area contributed by atoms with Crippen molar-refractivity contribution in [2.75, 3.05) is 25.2 Å².